The van der Waals surface area contributed by atoms with Crippen LogP contribution < -0.4 is 0 Å². The minimum absolute atomic E-state index is 0.0833. The van der Waals surface area contributed by atoms with E-state index >= 15 is 0 Å². The van der Waals surface area contributed by atoms with Gasteiger partial charge in [-0.2, -0.15) is 0 Å². The molecule has 1 aliphatic carbocycles. The molecule has 0 spiro atoms. The minimum atomic E-state index is -0.498. The van der Waals surface area contributed by atoms with Crippen molar-refractivity contribution in [1.29, 1.82) is 0 Å². The second-order valence-corrected chi connectivity index (χ2v) is 3.41. The van der Waals surface area contributed by atoms with E-state index in [4.69, 9.17) is 0 Å². The van der Waals surface area contributed by atoms with E-state index < -0.39 is 6.17 Å². The van der Waals surface area contributed by atoms with Crippen molar-refractivity contribution in [2.24, 2.45) is 11.3 Å². The van der Waals surface area contributed by atoms with Crippen LogP contribution in [0.25, 0.3) is 0 Å². The average molecular weight is 130 g/mol. The number of alkyl halides is 1. The first-order valence-corrected chi connectivity index (χ1v) is 3.77. The molecule has 0 aromatic carbocycles. The van der Waals surface area contributed by atoms with Crippen molar-refractivity contribution in [3.8, 4) is 0 Å². The standard InChI is InChI=1S/C8H15F/c1-4-8(6(2)3)5-7(8)9/h6-7H,4-5H2,1-3H3. The molecule has 0 amide bonds. The lowest BCUT2D eigenvalue weighted by Gasteiger charge is -2.16. The molecule has 54 valence electrons. The Bertz CT molecular complexity index is 105. The highest BCUT2D eigenvalue weighted by molar-refractivity contribution is 5.03. The predicted molar refractivity (Wildman–Crippen MR) is 37.1 cm³/mol. The molecule has 1 fully saturated rings. The lowest BCUT2D eigenvalue weighted by atomic mass is 9.90. The van der Waals surface area contributed by atoms with Crippen LogP contribution in [-0.2, 0) is 0 Å². The largest absolute Gasteiger partial charge is 0.247 e. The van der Waals surface area contributed by atoms with Gasteiger partial charge < -0.3 is 0 Å². The lowest BCUT2D eigenvalue weighted by molar-refractivity contribution is 0.269. The smallest absolute Gasteiger partial charge is 0.107 e. The van der Waals surface area contributed by atoms with Crippen LogP contribution in [0.3, 0.4) is 0 Å². The van der Waals surface area contributed by atoms with Crippen molar-refractivity contribution >= 4 is 0 Å². The first-order valence-electron chi connectivity index (χ1n) is 3.77. The molecule has 0 N–H and O–H groups in total. The second-order valence-electron chi connectivity index (χ2n) is 3.41. The highest BCUT2D eigenvalue weighted by Gasteiger charge is 2.55. The normalized spacial score (nSPS) is 41.7. The molecule has 0 radical (unpaired) electrons. The molecule has 0 nitrogen and oxygen atoms in total. The number of hydrogen-bond acceptors (Lipinski definition) is 0. The molecule has 0 bridgehead atoms. The predicted octanol–water partition coefficient (Wildman–Crippen LogP) is 2.78. The van der Waals surface area contributed by atoms with E-state index in [9.17, 15) is 4.39 Å². The Hall–Kier alpha value is -0.0700. The summed E-state index contributed by atoms with van der Waals surface area (Å²) in [4.78, 5) is 0. The van der Waals surface area contributed by atoms with Crippen LogP contribution in [-0.4, -0.2) is 6.17 Å². The maximum Gasteiger partial charge on any atom is 0.107 e. The monoisotopic (exact) mass is 130 g/mol. The molecule has 1 heteroatoms. The molecular weight excluding hydrogens is 115 g/mol. The molecule has 0 saturated heterocycles. The maximum absolute atomic E-state index is 12.7. The van der Waals surface area contributed by atoms with Crippen LogP contribution in [0.1, 0.15) is 33.6 Å². The Labute approximate surface area is 56.5 Å². The number of hydrogen-bond donors (Lipinski definition) is 0. The van der Waals surface area contributed by atoms with Gasteiger partial charge in [-0.25, -0.2) is 4.39 Å². The van der Waals surface area contributed by atoms with E-state index in [-0.39, 0.29) is 5.41 Å². The van der Waals surface area contributed by atoms with Crippen molar-refractivity contribution < 1.29 is 4.39 Å². The average Bonchev–Trinajstić information content (AvgIpc) is 2.43. The molecule has 1 rings (SSSR count). The lowest BCUT2D eigenvalue weighted by Crippen LogP contribution is -2.11. The SMILES string of the molecule is CCC1(C(C)C)CC1F. The van der Waals surface area contributed by atoms with Gasteiger partial charge in [0, 0.05) is 5.41 Å². The van der Waals surface area contributed by atoms with Crippen molar-refractivity contribution in [3.05, 3.63) is 0 Å². The van der Waals surface area contributed by atoms with Gasteiger partial charge in [0.05, 0.1) is 0 Å². The Kier molecular flexibility index (Phi) is 1.54. The summed E-state index contributed by atoms with van der Waals surface area (Å²) in [6.45, 7) is 6.31. The minimum Gasteiger partial charge on any atom is -0.247 e. The molecule has 2 unspecified atom stereocenters. The van der Waals surface area contributed by atoms with Crippen LogP contribution in [0, 0.1) is 11.3 Å². The van der Waals surface area contributed by atoms with Gasteiger partial charge in [-0.15, -0.1) is 0 Å². The van der Waals surface area contributed by atoms with Gasteiger partial charge in [-0.3, -0.25) is 0 Å². The highest BCUT2D eigenvalue weighted by Crippen LogP contribution is 2.56. The Morgan fingerprint density at radius 1 is 1.67 bits per heavy atom. The maximum atomic E-state index is 12.7. The Morgan fingerprint density at radius 2 is 2.11 bits per heavy atom. The Morgan fingerprint density at radius 3 is 2.11 bits per heavy atom. The summed E-state index contributed by atoms with van der Waals surface area (Å²) in [5, 5.41) is 0. The summed E-state index contributed by atoms with van der Waals surface area (Å²) in [7, 11) is 0. The van der Waals surface area contributed by atoms with E-state index in [1.165, 1.54) is 0 Å². The molecule has 0 aliphatic heterocycles. The fourth-order valence-corrected chi connectivity index (χ4v) is 1.65. The molecule has 1 aliphatic rings. The van der Waals surface area contributed by atoms with Crippen molar-refractivity contribution in [2.75, 3.05) is 0 Å². The van der Waals surface area contributed by atoms with Gasteiger partial charge in [0.25, 0.3) is 0 Å². The van der Waals surface area contributed by atoms with E-state index in [0.717, 1.165) is 12.8 Å². The van der Waals surface area contributed by atoms with Crippen molar-refractivity contribution in [3.63, 3.8) is 0 Å². The highest BCUT2D eigenvalue weighted by atomic mass is 19.1. The zero-order valence-electron chi connectivity index (χ0n) is 6.45. The van der Waals surface area contributed by atoms with Crippen LogP contribution in [0.4, 0.5) is 4.39 Å². The topological polar surface area (TPSA) is 0 Å². The van der Waals surface area contributed by atoms with E-state index in [1.54, 1.807) is 0 Å². The molecular formula is C8H15F. The third-order valence-electron chi connectivity index (χ3n) is 2.83. The zero-order chi connectivity index (χ0) is 7.07. The van der Waals surface area contributed by atoms with Crippen LogP contribution in [0.15, 0.2) is 0 Å². The molecule has 2 atom stereocenters. The van der Waals surface area contributed by atoms with Gasteiger partial charge in [-0.05, 0) is 18.8 Å². The number of halogens is 1. The Balaban J connectivity index is 2.52. The first-order chi connectivity index (χ1) is 4.13. The first kappa shape index (κ1) is 7.04. The summed E-state index contributed by atoms with van der Waals surface area (Å²) >= 11 is 0. The summed E-state index contributed by atoms with van der Waals surface area (Å²) in [5.74, 6) is 0.525. The second kappa shape index (κ2) is 1.96. The van der Waals surface area contributed by atoms with Crippen molar-refractivity contribution in [2.45, 2.75) is 39.8 Å². The van der Waals surface area contributed by atoms with Crippen LogP contribution in [0.2, 0.25) is 0 Å². The summed E-state index contributed by atoms with van der Waals surface area (Å²) in [6.07, 6.45) is 1.31. The molecule has 0 heterocycles. The fraction of sp³-hybridized carbons (Fsp3) is 1.00. The van der Waals surface area contributed by atoms with E-state index in [0.29, 0.717) is 5.92 Å². The molecule has 0 aromatic heterocycles. The summed E-state index contributed by atoms with van der Waals surface area (Å²) in [5.41, 5.74) is 0.0833. The van der Waals surface area contributed by atoms with Gasteiger partial charge in [0.15, 0.2) is 0 Å². The van der Waals surface area contributed by atoms with Gasteiger partial charge >= 0.3 is 0 Å². The van der Waals surface area contributed by atoms with Gasteiger partial charge in [-0.1, -0.05) is 20.8 Å². The van der Waals surface area contributed by atoms with E-state index in [2.05, 4.69) is 20.8 Å². The van der Waals surface area contributed by atoms with Crippen molar-refractivity contribution in [1.82, 2.24) is 0 Å². The summed E-state index contributed by atoms with van der Waals surface area (Å²) < 4.78 is 12.7. The third-order valence-corrected chi connectivity index (χ3v) is 2.83. The van der Waals surface area contributed by atoms with Crippen LogP contribution in [0.5, 0.6) is 0 Å². The molecule has 1 saturated carbocycles. The molecule has 9 heavy (non-hydrogen) atoms. The van der Waals surface area contributed by atoms with Gasteiger partial charge in [0.2, 0.25) is 0 Å². The third kappa shape index (κ3) is 0.867. The van der Waals surface area contributed by atoms with Crippen LogP contribution >= 0.6 is 0 Å². The fourth-order valence-electron chi connectivity index (χ4n) is 1.65. The molecule has 0 aromatic rings. The zero-order valence-corrected chi connectivity index (χ0v) is 6.45. The number of rotatable bonds is 2. The van der Waals surface area contributed by atoms with E-state index in [1.807, 2.05) is 0 Å². The van der Waals surface area contributed by atoms with Gasteiger partial charge in [0.1, 0.15) is 6.17 Å². The summed E-state index contributed by atoms with van der Waals surface area (Å²) in [6, 6.07) is 0. The quantitative estimate of drug-likeness (QED) is 0.539.